The SMILES string of the molecule is CCN1CCC(c2ccccc2)C1=O. The van der Waals surface area contributed by atoms with Crippen LogP contribution in [0.3, 0.4) is 0 Å². The third-order valence-corrected chi connectivity index (χ3v) is 2.88. The zero-order chi connectivity index (χ0) is 9.97. The van der Waals surface area contributed by atoms with Gasteiger partial charge in [0.25, 0.3) is 0 Å². The van der Waals surface area contributed by atoms with E-state index in [1.807, 2.05) is 42.2 Å². The fraction of sp³-hybridized carbons (Fsp3) is 0.417. The number of amides is 1. The molecule has 1 aromatic carbocycles. The maximum atomic E-state index is 11.9. The molecule has 1 aromatic rings. The van der Waals surface area contributed by atoms with Gasteiger partial charge >= 0.3 is 0 Å². The minimum atomic E-state index is 0.108. The molecule has 0 aliphatic carbocycles. The highest BCUT2D eigenvalue weighted by Gasteiger charge is 2.31. The van der Waals surface area contributed by atoms with Gasteiger partial charge in [-0.05, 0) is 18.9 Å². The second kappa shape index (κ2) is 3.82. The summed E-state index contributed by atoms with van der Waals surface area (Å²) in [6, 6.07) is 10.1. The Morgan fingerprint density at radius 1 is 1.36 bits per heavy atom. The molecule has 14 heavy (non-hydrogen) atoms. The van der Waals surface area contributed by atoms with Crippen LogP contribution in [0.25, 0.3) is 0 Å². The van der Waals surface area contributed by atoms with Crippen LogP contribution < -0.4 is 0 Å². The zero-order valence-electron chi connectivity index (χ0n) is 8.44. The van der Waals surface area contributed by atoms with Crippen molar-refractivity contribution in [1.29, 1.82) is 0 Å². The summed E-state index contributed by atoms with van der Waals surface area (Å²) in [7, 11) is 0. The Bertz CT molecular complexity index is 320. The lowest BCUT2D eigenvalue weighted by molar-refractivity contribution is -0.128. The standard InChI is InChI=1S/C12H15NO/c1-2-13-9-8-11(12(13)14)10-6-4-3-5-7-10/h3-7,11H,2,8-9H2,1H3. The Morgan fingerprint density at radius 3 is 2.64 bits per heavy atom. The number of nitrogens with zero attached hydrogens (tertiary/aromatic N) is 1. The Balaban J connectivity index is 2.18. The lowest BCUT2D eigenvalue weighted by Crippen LogP contribution is -2.26. The molecule has 1 fully saturated rings. The van der Waals surface area contributed by atoms with Crippen LogP contribution in [0.4, 0.5) is 0 Å². The number of likely N-dealkylation sites (N-methyl/N-ethyl adjacent to an activating group) is 1. The Labute approximate surface area is 84.5 Å². The summed E-state index contributed by atoms with van der Waals surface area (Å²) in [5.41, 5.74) is 1.16. The smallest absolute Gasteiger partial charge is 0.230 e. The first-order valence-corrected chi connectivity index (χ1v) is 5.16. The third kappa shape index (κ3) is 1.52. The van der Waals surface area contributed by atoms with Crippen molar-refractivity contribution in [3.63, 3.8) is 0 Å². The average molecular weight is 189 g/mol. The van der Waals surface area contributed by atoms with Gasteiger partial charge in [-0.1, -0.05) is 30.3 Å². The third-order valence-electron chi connectivity index (χ3n) is 2.88. The van der Waals surface area contributed by atoms with Gasteiger partial charge in [-0.2, -0.15) is 0 Å². The van der Waals surface area contributed by atoms with E-state index in [2.05, 4.69) is 0 Å². The topological polar surface area (TPSA) is 20.3 Å². The molecule has 0 radical (unpaired) electrons. The van der Waals surface area contributed by atoms with E-state index in [0.29, 0.717) is 5.91 Å². The first-order valence-electron chi connectivity index (χ1n) is 5.16. The Hall–Kier alpha value is -1.31. The lowest BCUT2D eigenvalue weighted by Gasteiger charge is -2.13. The van der Waals surface area contributed by atoms with Gasteiger partial charge in [0.05, 0.1) is 5.92 Å². The number of rotatable bonds is 2. The molecule has 0 spiro atoms. The van der Waals surface area contributed by atoms with Crippen LogP contribution in [-0.4, -0.2) is 23.9 Å². The molecule has 1 heterocycles. The van der Waals surface area contributed by atoms with Crippen molar-refractivity contribution in [2.45, 2.75) is 19.3 Å². The highest BCUT2D eigenvalue weighted by atomic mass is 16.2. The Morgan fingerprint density at radius 2 is 2.07 bits per heavy atom. The number of benzene rings is 1. The highest BCUT2D eigenvalue weighted by Crippen LogP contribution is 2.27. The molecule has 1 aliphatic rings. The van der Waals surface area contributed by atoms with Gasteiger partial charge < -0.3 is 4.90 Å². The molecule has 2 rings (SSSR count). The number of carbonyl (C=O) groups excluding carboxylic acids is 1. The summed E-state index contributed by atoms with van der Waals surface area (Å²) in [6.45, 7) is 3.78. The van der Waals surface area contributed by atoms with Crippen LogP contribution in [-0.2, 0) is 4.79 Å². The van der Waals surface area contributed by atoms with Crippen molar-refractivity contribution in [2.24, 2.45) is 0 Å². The monoisotopic (exact) mass is 189 g/mol. The van der Waals surface area contributed by atoms with E-state index in [0.717, 1.165) is 25.1 Å². The quantitative estimate of drug-likeness (QED) is 0.697. The maximum Gasteiger partial charge on any atom is 0.230 e. The van der Waals surface area contributed by atoms with E-state index in [-0.39, 0.29) is 5.92 Å². The summed E-state index contributed by atoms with van der Waals surface area (Å²) in [4.78, 5) is 13.8. The van der Waals surface area contributed by atoms with Crippen molar-refractivity contribution < 1.29 is 4.79 Å². The van der Waals surface area contributed by atoms with Gasteiger partial charge in [-0.25, -0.2) is 0 Å². The average Bonchev–Trinajstić information content (AvgIpc) is 2.61. The molecule has 1 saturated heterocycles. The van der Waals surface area contributed by atoms with Crippen LogP contribution in [0.2, 0.25) is 0 Å². The molecule has 74 valence electrons. The highest BCUT2D eigenvalue weighted by molar-refractivity contribution is 5.85. The van der Waals surface area contributed by atoms with Crippen molar-refractivity contribution in [3.8, 4) is 0 Å². The fourth-order valence-electron chi connectivity index (χ4n) is 2.05. The minimum absolute atomic E-state index is 0.108. The van der Waals surface area contributed by atoms with Gasteiger partial charge in [-0.15, -0.1) is 0 Å². The van der Waals surface area contributed by atoms with E-state index in [1.54, 1.807) is 0 Å². The Kier molecular flexibility index (Phi) is 2.53. The van der Waals surface area contributed by atoms with Crippen LogP contribution in [0.5, 0.6) is 0 Å². The summed E-state index contributed by atoms with van der Waals surface area (Å²) in [5, 5.41) is 0. The molecular formula is C12H15NO. The largest absolute Gasteiger partial charge is 0.342 e. The number of hydrogen-bond donors (Lipinski definition) is 0. The van der Waals surface area contributed by atoms with Gasteiger partial charge in [0.2, 0.25) is 5.91 Å². The molecule has 1 aliphatic heterocycles. The van der Waals surface area contributed by atoms with Crippen molar-refractivity contribution in [2.75, 3.05) is 13.1 Å². The molecule has 1 atom stereocenters. The molecule has 2 nitrogen and oxygen atoms in total. The molecule has 0 N–H and O–H groups in total. The first kappa shape index (κ1) is 9.25. The molecule has 0 aromatic heterocycles. The second-order valence-corrected chi connectivity index (χ2v) is 3.67. The normalized spacial score (nSPS) is 21.6. The summed E-state index contributed by atoms with van der Waals surface area (Å²) in [6.07, 6.45) is 0.969. The molecular weight excluding hydrogens is 174 g/mol. The van der Waals surface area contributed by atoms with Gasteiger partial charge in [0.15, 0.2) is 0 Å². The minimum Gasteiger partial charge on any atom is -0.342 e. The second-order valence-electron chi connectivity index (χ2n) is 3.67. The predicted octanol–water partition coefficient (Wildman–Crippen LogP) is 2.02. The van der Waals surface area contributed by atoms with E-state index < -0.39 is 0 Å². The maximum absolute atomic E-state index is 11.9. The number of likely N-dealkylation sites (tertiary alicyclic amines) is 1. The summed E-state index contributed by atoms with van der Waals surface area (Å²) in [5.74, 6) is 0.398. The summed E-state index contributed by atoms with van der Waals surface area (Å²) < 4.78 is 0. The van der Waals surface area contributed by atoms with E-state index in [1.165, 1.54) is 0 Å². The molecule has 1 unspecified atom stereocenters. The van der Waals surface area contributed by atoms with Crippen LogP contribution in [0, 0.1) is 0 Å². The van der Waals surface area contributed by atoms with Crippen molar-refractivity contribution >= 4 is 5.91 Å². The molecule has 1 amide bonds. The van der Waals surface area contributed by atoms with Gasteiger partial charge in [0.1, 0.15) is 0 Å². The van der Waals surface area contributed by atoms with Crippen LogP contribution >= 0.6 is 0 Å². The van der Waals surface area contributed by atoms with E-state index >= 15 is 0 Å². The van der Waals surface area contributed by atoms with Crippen LogP contribution in [0.15, 0.2) is 30.3 Å². The van der Waals surface area contributed by atoms with E-state index in [4.69, 9.17) is 0 Å². The van der Waals surface area contributed by atoms with Crippen LogP contribution in [0.1, 0.15) is 24.8 Å². The van der Waals surface area contributed by atoms with Crippen molar-refractivity contribution in [1.82, 2.24) is 4.90 Å². The first-order chi connectivity index (χ1) is 6.83. The number of hydrogen-bond acceptors (Lipinski definition) is 1. The van der Waals surface area contributed by atoms with Crippen molar-refractivity contribution in [3.05, 3.63) is 35.9 Å². The zero-order valence-corrected chi connectivity index (χ0v) is 8.44. The fourth-order valence-corrected chi connectivity index (χ4v) is 2.05. The van der Waals surface area contributed by atoms with Gasteiger partial charge in [0, 0.05) is 13.1 Å². The lowest BCUT2D eigenvalue weighted by atomic mass is 9.98. The molecule has 0 bridgehead atoms. The van der Waals surface area contributed by atoms with E-state index in [9.17, 15) is 4.79 Å². The summed E-state index contributed by atoms with van der Waals surface area (Å²) >= 11 is 0. The van der Waals surface area contributed by atoms with Gasteiger partial charge in [-0.3, -0.25) is 4.79 Å². The number of carbonyl (C=O) groups is 1. The predicted molar refractivity (Wildman–Crippen MR) is 56.1 cm³/mol. The molecule has 0 saturated carbocycles. The molecule has 2 heteroatoms.